The van der Waals surface area contributed by atoms with Crippen LogP contribution in [0.2, 0.25) is 0 Å². The van der Waals surface area contributed by atoms with E-state index in [1.54, 1.807) is 0 Å². The zero-order valence-electron chi connectivity index (χ0n) is 24.4. The van der Waals surface area contributed by atoms with E-state index in [2.05, 4.69) is 36.4 Å². The molecule has 4 heteroatoms. The van der Waals surface area contributed by atoms with Crippen LogP contribution in [0.5, 0.6) is 11.5 Å². The van der Waals surface area contributed by atoms with Gasteiger partial charge in [-0.3, -0.25) is 0 Å². The van der Waals surface area contributed by atoms with Crippen molar-refractivity contribution in [1.82, 2.24) is 0 Å². The van der Waals surface area contributed by atoms with Crippen LogP contribution in [0, 0.1) is 22.7 Å². The third kappa shape index (κ3) is 10.1. The van der Waals surface area contributed by atoms with Crippen molar-refractivity contribution in [2.45, 2.75) is 64.2 Å². The van der Waals surface area contributed by atoms with Gasteiger partial charge in [-0.15, -0.1) is 0 Å². The molecule has 0 aliphatic heterocycles. The van der Waals surface area contributed by atoms with Crippen molar-refractivity contribution in [3.8, 4) is 45.9 Å². The summed E-state index contributed by atoms with van der Waals surface area (Å²) in [4.78, 5) is 0. The molecular formula is C38H40N2O2. The summed E-state index contributed by atoms with van der Waals surface area (Å²) in [6, 6.07) is 36.0. The molecule has 0 fully saturated rings. The maximum absolute atomic E-state index is 8.94. The molecule has 4 aromatic carbocycles. The average Bonchev–Trinajstić information content (AvgIpc) is 3.05. The molecule has 214 valence electrons. The standard InChI is InChI=1S/C38H40N2O2/c39-29-31-11-15-33(16-12-31)35-19-23-37(24-20-35)41-27-9-7-5-3-1-2-4-6-8-10-28-42-38-25-21-36(22-26-38)34-17-13-32(30-40)14-18-34/h11-26H,1-10,27-28H2. The Morgan fingerprint density at radius 1 is 0.357 bits per heavy atom. The molecule has 0 aliphatic carbocycles. The van der Waals surface area contributed by atoms with E-state index in [1.165, 1.54) is 51.4 Å². The van der Waals surface area contributed by atoms with Gasteiger partial charge in [0.2, 0.25) is 0 Å². The van der Waals surface area contributed by atoms with E-state index >= 15 is 0 Å². The van der Waals surface area contributed by atoms with Gasteiger partial charge in [0.1, 0.15) is 11.5 Å². The van der Waals surface area contributed by atoms with Crippen molar-refractivity contribution in [3.05, 3.63) is 108 Å². The van der Waals surface area contributed by atoms with Crippen molar-refractivity contribution in [1.29, 1.82) is 10.5 Å². The predicted octanol–water partition coefficient (Wildman–Crippen LogP) is 10.1. The van der Waals surface area contributed by atoms with Crippen molar-refractivity contribution < 1.29 is 9.47 Å². The van der Waals surface area contributed by atoms with Gasteiger partial charge in [-0.2, -0.15) is 10.5 Å². The van der Waals surface area contributed by atoms with Gasteiger partial charge in [-0.25, -0.2) is 0 Å². The molecule has 0 atom stereocenters. The van der Waals surface area contributed by atoms with Crippen LogP contribution in [0.15, 0.2) is 97.1 Å². The van der Waals surface area contributed by atoms with Gasteiger partial charge >= 0.3 is 0 Å². The zero-order valence-corrected chi connectivity index (χ0v) is 24.4. The minimum atomic E-state index is 0.678. The average molecular weight is 557 g/mol. The number of unbranched alkanes of at least 4 members (excludes halogenated alkanes) is 9. The van der Waals surface area contributed by atoms with Crippen molar-refractivity contribution >= 4 is 0 Å². The Kier molecular flexibility index (Phi) is 12.5. The highest BCUT2D eigenvalue weighted by atomic mass is 16.5. The van der Waals surface area contributed by atoms with E-state index in [4.69, 9.17) is 20.0 Å². The number of hydrogen-bond acceptors (Lipinski definition) is 4. The summed E-state index contributed by atoms with van der Waals surface area (Å²) in [6.07, 6.45) is 12.4. The number of nitriles is 2. The molecule has 0 saturated heterocycles. The first-order valence-electron chi connectivity index (χ1n) is 15.2. The fourth-order valence-electron chi connectivity index (χ4n) is 4.96. The second-order valence-electron chi connectivity index (χ2n) is 10.7. The van der Waals surface area contributed by atoms with Gasteiger partial charge < -0.3 is 9.47 Å². The topological polar surface area (TPSA) is 66.0 Å². The van der Waals surface area contributed by atoms with Crippen LogP contribution in [-0.4, -0.2) is 13.2 Å². The van der Waals surface area contributed by atoms with Gasteiger partial charge in [0.05, 0.1) is 36.5 Å². The quantitative estimate of drug-likeness (QED) is 0.121. The van der Waals surface area contributed by atoms with Crippen molar-refractivity contribution in [2.24, 2.45) is 0 Å². The van der Waals surface area contributed by atoms with Crippen LogP contribution in [0.3, 0.4) is 0 Å². The highest BCUT2D eigenvalue weighted by Crippen LogP contribution is 2.24. The van der Waals surface area contributed by atoms with Crippen LogP contribution in [0.25, 0.3) is 22.3 Å². The van der Waals surface area contributed by atoms with Crippen LogP contribution < -0.4 is 9.47 Å². The molecule has 4 nitrogen and oxygen atoms in total. The molecule has 0 unspecified atom stereocenters. The largest absolute Gasteiger partial charge is 0.494 e. The summed E-state index contributed by atoms with van der Waals surface area (Å²) in [7, 11) is 0. The number of benzene rings is 4. The summed E-state index contributed by atoms with van der Waals surface area (Å²) in [5.74, 6) is 1.82. The molecule has 0 amide bonds. The summed E-state index contributed by atoms with van der Waals surface area (Å²) in [5, 5.41) is 17.9. The Morgan fingerprint density at radius 2 is 0.619 bits per heavy atom. The molecular weight excluding hydrogens is 516 g/mol. The number of rotatable bonds is 17. The maximum Gasteiger partial charge on any atom is 0.119 e. The van der Waals surface area contributed by atoms with Crippen molar-refractivity contribution in [3.63, 3.8) is 0 Å². The van der Waals surface area contributed by atoms with Gasteiger partial charge in [0.25, 0.3) is 0 Å². The highest BCUT2D eigenvalue weighted by molar-refractivity contribution is 5.65. The molecule has 0 spiro atoms. The van der Waals surface area contributed by atoms with Crippen LogP contribution >= 0.6 is 0 Å². The lowest BCUT2D eigenvalue weighted by Gasteiger charge is -2.08. The SMILES string of the molecule is N#Cc1ccc(-c2ccc(OCCCCCCCCCCCCOc3ccc(-c4ccc(C#N)cc4)cc3)cc2)cc1. The Labute approximate surface area is 251 Å². The summed E-state index contributed by atoms with van der Waals surface area (Å²) in [5.41, 5.74) is 5.83. The van der Waals surface area contributed by atoms with E-state index in [-0.39, 0.29) is 0 Å². The zero-order chi connectivity index (χ0) is 29.2. The Bertz CT molecular complexity index is 1300. The van der Waals surface area contributed by atoms with Crippen LogP contribution in [0.4, 0.5) is 0 Å². The first kappa shape index (κ1) is 30.4. The maximum atomic E-state index is 8.94. The fraction of sp³-hybridized carbons (Fsp3) is 0.316. The molecule has 0 N–H and O–H groups in total. The highest BCUT2D eigenvalue weighted by Gasteiger charge is 2.02. The minimum absolute atomic E-state index is 0.678. The Morgan fingerprint density at radius 3 is 0.905 bits per heavy atom. The first-order chi connectivity index (χ1) is 20.7. The van der Waals surface area contributed by atoms with Crippen LogP contribution in [-0.2, 0) is 0 Å². The molecule has 0 bridgehead atoms. The fourth-order valence-corrected chi connectivity index (χ4v) is 4.96. The second-order valence-corrected chi connectivity index (χ2v) is 10.7. The Hall–Kier alpha value is -4.54. The lowest BCUT2D eigenvalue weighted by molar-refractivity contribution is 0.303. The van der Waals surface area contributed by atoms with Gasteiger partial charge in [-0.05, 0) is 83.6 Å². The number of hydrogen-bond donors (Lipinski definition) is 0. The third-order valence-corrected chi connectivity index (χ3v) is 7.48. The minimum Gasteiger partial charge on any atom is -0.494 e. The first-order valence-corrected chi connectivity index (χ1v) is 15.2. The second kappa shape index (κ2) is 17.3. The van der Waals surface area contributed by atoms with E-state index in [1.807, 2.05) is 72.8 Å². The van der Waals surface area contributed by atoms with Crippen LogP contribution in [0.1, 0.15) is 75.3 Å². The normalized spacial score (nSPS) is 10.5. The summed E-state index contributed by atoms with van der Waals surface area (Å²) >= 11 is 0. The van der Waals surface area contributed by atoms with E-state index in [9.17, 15) is 0 Å². The number of ether oxygens (including phenoxy) is 2. The molecule has 4 aromatic rings. The lowest BCUT2D eigenvalue weighted by Crippen LogP contribution is -1.97. The molecule has 4 rings (SSSR count). The van der Waals surface area contributed by atoms with Gasteiger partial charge in [-0.1, -0.05) is 99.9 Å². The molecule has 0 aromatic heterocycles. The van der Waals surface area contributed by atoms with E-state index in [0.29, 0.717) is 11.1 Å². The molecule has 0 saturated carbocycles. The van der Waals surface area contributed by atoms with Crippen molar-refractivity contribution in [2.75, 3.05) is 13.2 Å². The number of nitrogens with zero attached hydrogens (tertiary/aromatic N) is 2. The third-order valence-electron chi connectivity index (χ3n) is 7.48. The van der Waals surface area contributed by atoms with E-state index in [0.717, 1.165) is 59.8 Å². The Balaban J connectivity index is 0.952. The predicted molar refractivity (Wildman–Crippen MR) is 170 cm³/mol. The monoisotopic (exact) mass is 556 g/mol. The molecule has 0 aliphatic rings. The van der Waals surface area contributed by atoms with E-state index < -0.39 is 0 Å². The van der Waals surface area contributed by atoms with Gasteiger partial charge in [0, 0.05) is 0 Å². The van der Waals surface area contributed by atoms with Gasteiger partial charge in [0.15, 0.2) is 0 Å². The summed E-state index contributed by atoms with van der Waals surface area (Å²) < 4.78 is 11.8. The molecule has 0 heterocycles. The molecule has 42 heavy (non-hydrogen) atoms. The molecule has 0 radical (unpaired) electrons. The summed E-state index contributed by atoms with van der Waals surface area (Å²) in [6.45, 7) is 1.53. The lowest BCUT2D eigenvalue weighted by atomic mass is 10.0. The smallest absolute Gasteiger partial charge is 0.119 e.